The van der Waals surface area contributed by atoms with Gasteiger partial charge in [-0.25, -0.2) is 0 Å². The number of carbonyl (C=O) groups is 4. The SMILES string of the molecule is CC(=O)N[C@@H]1[C@@H](OC(C)=O)[C@@H](OC(C)=O)[C@@H](COC(C)=O)O[C@@H]1CCc1ccccc1. The number of aryl methyl sites for hydroxylation is 1. The number of hydrogen-bond acceptors (Lipinski definition) is 8. The number of benzene rings is 1. The normalized spacial score (nSPS) is 25.2. The predicted octanol–water partition coefficient (Wildman–Crippen LogP) is 1.32. The quantitative estimate of drug-likeness (QED) is 0.480. The van der Waals surface area contributed by atoms with Gasteiger partial charge in [0.2, 0.25) is 5.91 Å². The van der Waals surface area contributed by atoms with E-state index in [4.69, 9.17) is 18.9 Å². The van der Waals surface area contributed by atoms with Crippen LogP contribution in [-0.4, -0.2) is 60.9 Å². The molecule has 0 spiro atoms. The summed E-state index contributed by atoms with van der Waals surface area (Å²) in [5.41, 5.74) is 1.07. The monoisotopic (exact) mass is 435 g/mol. The molecular weight excluding hydrogens is 406 g/mol. The first-order chi connectivity index (χ1) is 14.7. The predicted molar refractivity (Wildman–Crippen MR) is 109 cm³/mol. The molecule has 1 amide bonds. The van der Waals surface area contributed by atoms with Crippen molar-refractivity contribution in [2.45, 2.75) is 71.0 Å². The molecule has 1 fully saturated rings. The van der Waals surface area contributed by atoms with Crippen LogP contribution < -0.4 is 5.32 Å². The van der Waals surface area contributed by atoms with E-state index in [1.54, 1.807) is 0 Å². The zero-order valence-corrected chi connectivity index (χ0v) is 18.2. The second-order valence-corrected chi connectivity index (χ2v) is 7.41. The van der Waals surface area contributed by atoms with Crippen LogP contribution >= 0.6 is 0 Å². The molecule has 1 saturated heterocycles. The number of amides is 1. The second kappa shape index (κ2) is 11.5. The Morgan fingerprint density at radius 3 is 2.03 bits per heavy atom. The molecule has 1 aromatic carbocycles. The molecule has 1 aliphatic heterocycles. The lowest BCUT2D eigenvalue weighted by molar-refractivity contribution is -0.224. The van der Waals surface area contributed by atoms with Gasteiger partial charge >= 0.3 is 17.9 Å². The van der Waals surface area contributed by atoms with Gasteiger partial charge in [-0.15, -0.1) is 0 Å². The van der Waals surface area contributed by atoms with Gasteiger partial charge in [-0.3, -0.25) is 19.2 Å². The summed E-state index contributed by atoms with van der Waals surface area (Å²) < 4.78 is 22.1. The Balaban J connectivity index is 2.35. The lowest BCUT2D eigenvalue weighted by atomic mass is 9.89. The number of hydrogen-bond donors (Lipinski definition) is 1. The van der Waals surface area contributed by atoms with Gasteiger partial charge in [-0.2, -0.15) is 0 Å². The van der Waals surface area contributed by atoms with Gasteiger partial charge in [0.1, 0.15) is 12.7 Å². The Hall–Kier alpha value is -2.94. The number of nitrogens with one attached hydrogen (secondary N) is 1. The van der Waals surface area contributed by atoms with Gasteiger partial charge in [0, 0.05) is 27.7 Å². The molecule has 0 bridgehead atoms. The van der Waals surface area contributed by atoms with Crippen molar-refractivity contribution in [3.05, 3.63) is 35.9 Å². The number of esters is 3. The van der Waals surface area contributed by atoms with E-state index in [1.807, 2.05) is 30.3 Å². The summed E-state index contributed by atoms with van der Waals surface area (Å²) in [6.07, 6.45) is -2.42. The summed E-state index contributed by atoms with van der Waals surface area (Å²) in [4.78, 5) is 46.8. The molecule has 0 saturated carbocycles. The largest absolute Gasteiger partial charge is 0.463 e. The molecule has 5 atom stereocenters. The first-order valence-corrected chi connectivity index (χ1v) is 10.1. The van der Waals surface area contributed by atoms with E-state index in [-0.39, 0.29) is 12.5 Å². The molecule has 1 N–H and O–H groups in total. The van der Waals surface area contributed by atoms with Crippen LogP contribution in [0.3, 0.4) is 0 Å². The third-order valence-electron chi connectivity index (χ3n) is 4.78. The maximum atomic E-state index is 11.9. The third kappa shape index (κ3) is 7.67. The fourth-order valence-corrected chi connectivity index (χ4v) is 3.63. The molecule has 0 radical (unpaired) electrons. The third-order valence-corrected chi connectivity index (χ3v) is 4.78. The van der Waals surface area contributed by atoms with Gasteiger partial charge in [-0.1, -0.05) is 30.3 Å². The first kappa shape index (κ1) is 24.3. The van der Waals surface area contributed by atoms with Crippen LogP contribution in [0.5, 0.6) is 0 Å². The molecule has 31 heavy (non-hydrogen) atoms. The van der Waals surface area contributed by atoms with Crippen LogP contribution in [0, 0.1) is 0 Å². The number of carbonyl (C=O) groups excluding carboxylic acids is 4. The fourth-order valence-electron chi connectivity index (χ4n) is 3.63. The van der Waals surface area contributed by atoms with Crippen molar-refractivity contribution >= 4 is 23.8 Å². The summed E-state index contributed by atoms with van der Waals surface area (Å²) in [5, 5.41) is 2.77. The average Bonchev–Trinajstić information content (AvgIpc) is 2.68. The summed E-state index contributed by atoms with van der Waals surface area (Å²) in [6, 6.07) is 8.93. The van der Waals surface area contributed by atoms with E-state index in [9.17, 15) is 19.2 Å². The van der Waals surface area contributed by atoms with Gasteiger partial charge in [0.05, 0.1) is 12.1 Å². The van der Waals surface area contributed by atoms with Crippen molar-refractivity contribution < 1.29 is 38.1 Å². The maximum absolute atomic E-state index is 11.9. The van der Waals surface area contributed by atoms with Crippen LogP contribution in [0.4, 0.5) is 0 Å². The average molecular weight is 435 g/mol. The summed E-state index contributed by atoms with van der Waals surface area (Å²) in [5.74, 6) is -2.11. The molecule has 1 aromatic rings. The van der Waals surface area contributed by atoms with Crippen molar-refractivity contribution in [1.29, 1.82) is 0 Å². The fraction of sp³-hybridized carbons (Fsp3) is 0.545. The zero-order valence-electron chi connectivity index (χ0n) is 18.2. The van der Waals surface area contributed by atoms with Gasteiger partial charge < -0.3 is 24.3 Å². The minimum Gasteiger partial charge on any atom is -0.463 e. The minimum atomic E-state index is -1.06. The molecule has 2 rings (SSSR count). The van der Waals surface area contributed by atoms with Crippen LogP contribution in [0.25, 0.3) is 0 Å². The lowest BCUT2D eigenvalue weighted by Crippen LogP contribution is -2.66. The van der Waals surface area contributed by atoms with E-state index < -0.39 is 48.4 Å². The van der Waals surface area contributed by atoms with Crippen molar-refractivity contribution in [2.24, 2.45) is 0 Å². The Morgan fingerprint density at radius 2 is 1.48 bits per heavy atom. The Morgan fingerprint density at radius 1 is 0.871 bits per heavy atom. The molecule has 0 unspecified atom stereocenters. The molecule has 170 valence electrons. The highest BCUT2D eigenvalue weighted by Crippen LogP contribution is 2.29. The number of rotatable bonds is 8. The van der Waals surface area contributed by atoms with Gasteiger partial charge in [0.25, 0.3) is 0 Å². The first-order valence-electron chi connectivity index (χ1n) is 10.1. The Kier molecular flexibility index (Phi) is 8.99. The summed E-state index contributed by atoms with van der Waals surface area (Å²) in [6.45, 7) is 4.83. The van der Waals surface area contributed by atoms with Crippen LogP contribution in [0.2, 0.25) is 0 Å². The van der Waals surface area contributed by atoms with Crippen molar-refractivity contribution in [1.82, 2.24) is 5.32 Å². The van der Waals surface area contributed by atoms with E-state index in [0.717, 1.165) is 5.56 Å². The minimum absolute atomic E-state index is 0.195. The number of ether oxygens (including phenoxy) is 4. The molecule has 0 aliphatic carbocycles. The molecule has 9 heteroatoms. The van der Waals surface area contributed by atoms with Crippen LogP contribution in [-0.2, 0) is 44.5 Å². The summed E-state index contributed by atoms with van der Waals surface area (Å²) >= 11 is 0. The van der Waals surface area contributed by atoms with Crippen molar-refractivity contribution in [3.8, 4) is 0 Å². The molecule has 1 aliphatic rings. The van der Waals surface area contributed by atoms with Crippen LogP contribution in [0.15, 0.2) is 30.3 Å². The van der Waals surface area contributed by atoms with Gasteiger partial charge in [-0.05, 0) is 18.4 Å². The van der Waals surface area contributed by atoms with Crippen molar-refractivity contribution in [3.63, 3.8) is 0 Å². The van der Waals surface area contributed by atoms with Gasteiger partial charge in [0.15, 0.2) is 12.2 Å². The van der Waals surface area contributed by atoms with Crippen LogP contribution in [0.1, 0.15) is 39.7 Å². The van der Waals surface area contributed by atoms with E-state index in [2.05, 4.69) is 5.32 Å². The highest BCUT2D eigenvalue weighted by Gasteiger charge is 2.50. The maximum Gasteiger partial charge on any atom is 0.303 e. The molecule has 1 heterocycles. The highest BCUT2D eigenvalue weighted by molar-refractivity contribution is 5.73. The van der Waals surface area contributed by atoms with Crippen molar-refractivity contribution in [2.75, 3.05) is 6.61 Å². The highest BCUT2D eigenvalue weighted by atomic mass is 16.6. The second-order valence-electron chi connectivity index (χ2n) is 7.41. The Labute approximate surface area is 181 Å². The zero-order chi connectivity index (χ0) is 23.0. The topological polar surface area (TPSA) is 117 Å². The molecule has 0 aromatic heterocycles. The molecular formula is C22H29NO8. The lowest BCUT2D eigenvalue weighted by Gasteiger charge is -2.45. The van der Waals surface area contributed by atoms with E-state index in [1.165, 1.54) is 27.7 Å². The Bertz CT molecular complexity index is 781. The summed E-state index contributed by atoms with van der Waals surface area (Å²) in [7, 11) is 0. The van der Waals surface area contributed by atoms with E-state index in [0.29, 0.717) is 12.8 Å². The standard InChI is InChI=1S/C22H29NO8/c1-13(24)23-20-18(11-10-17-8-6-5-7-9-17)31-19(12-28-14(2)25)21(29-15(3)26)22(20)30-16(4)27/h5-9,18-22H,10-12H2,1-4H3,(H,23,24)/t18-,19-,20+,21+,22-/m1/s1. The molecule has 9 nitrogen and oxygen atoms in total. The smallest absolute Gasteiger partial charge is 0.303 e. The van der Waals surface area contributed by atoms with E-state index >= 15 is 0 Å².